The summed E-state index contributed by atoms with van der Waals surface area (Å²) in [6.45, 7) is 14.3. The van der Waals surface area contributed by atoms with Gasteiger partial charge in [-0.25, -0.2) is 0 Å². The fourth-order valence-electron chi connectivity index (χ4n) is 4.77. The van der Waals surface area contributed by atoms with E-state index in [-0.39, 0.29) is 6.09 Å². The van der Waals surface area contributed by atoms with E-state index in [2.05, 4.69) is 39.0 Å². The molecule has 2 rings (SSSR count). The van der Waals surface area contributed by atoms with Crippen molar-refractivity contribution >= 4 is 28.2 Å². The van der Waals surface area contributed by atoms with Crippen LogP contribution in [0.2, 0.25) is 13.3 Å². The molecule has 5 heteroatoms. The van der Waals surface area contributed by atoms with Gasteiger partial charge in [-0.2, -0.15) is 0 Å². The Labute approximate surface area is 195 Å². The molecule has 1 saturated heterocycles. The summed E-state index contributed by atoms with van der Waals surface area (Å²) < 4.78 is 11.4. The monoisotopic (exact) mass is 538 g/mol. The van der Waals surface area contributed by atoms with Crippen molar-refractivity contribution in [1.82, 2.24) is 9.88 Å². The summed E-state index contributed by atoms with van der Waals surface area (Å²) in [7, 11) is 0. The van der Waals surface area contributed by atoms with E-state index in [1.165, 1.54) is 61.2 Å². The SMILES string of the molecule is CCC[CH2][Sn]([CH2]CCC)([CH2]CCC)[c]1cccc(C2CCN(C(=O)OC(C)(C)C)C2)n1. The summed E-state index contributed by atoms with van der Waals surface area (Å²) in [5, 5.41) is 0. The van der Waals surface area contributed by atoms with Crippen LogP contribution in [-0.4, -0.2) is 53.0 Å². The number of carbonyl (C=O) groups excluding carboxylic acids is 1. The van der Waals surface area contributed by atoms with E-state index in [4.69, 9.17) is 9.72 Å². The molecule has 1 aliphatic heterocycles. The number of nitrogens with zero attached hydrogens (tertiary/aromatic N) is 2. The van der Waals surface area contributed by atoms with Gasteiger partial charge in [0.05, 0.1) is 0 Å². The van der Waals surface area contributed by atoms with Gasteiger partial charge in [0.25, 0.3) is 0 Å². The minimum atomic E-state index is -2.53. The average molecular weight is 537 g/mol. The van der Waals surface area contributed by atoms with Crippen molar-refractivity contribution in [2.75, 3.05) is 13.1 Å². The van der Waals surface area contributed by atoms with Gasteiger partial charge in [0.15, 0.2) is 0 Å². The minimum absolute atomic E-state index is 0.187. The zero-order valence-corrected chi connectivity index (χ0v) is 23.9. The second kappa shape index (κ2) is 12.5. The molecule has 2 heterocycles. The first-order valence-electron chi connectivity index (χ1n) is 12.7. The van der Waals surface area contributed by atoms with Gasteiger partial charge in [0.1, 0.15) is 0 Å². The number of rotatable bonds is 11. The van der Waals surface area contributed by atoms with Crippen LogP contribution in [0.3, 0.4) is 0 Å². The number of likely N-dealkylation sites (tertiary alicyclic amines) is 1. The number of carbonyl (C=O) groups is 1. The van der Waals surface area contributed by atoms with Crippen molar-refractivity contribution in [3.05, 3.63) is 23.9 Å². The predicted molar refractivity (Wildman–Crippen MR) is 134 cm³/mol. The number of unbranched alkanes of at least 4 members (excludes halogenated alkanes) is 3. The maximum atomic E-state index is 12.5. The third kappa shape index (κ3) is 7.94. The van der Waals surface area contributed by atoms with Gasteiger partial charge in [-0.15, -0.1) is 0 Å². The fraction of sp³-hybridized carbons (Fsp3) is 0.769. The molecule has 0 aromatic carbocycles. The van der Waals surface area contributed by atoms with E-state index in [1.807, 2.05) is 25.7 Å². The first-order chi connectivity index (χ1) is 14.7. The Hall–Kier alpha value is -0.781. The summed E-state index contributed by atoms with van der Waals surface area (Å²) in [5.74, 6) is 0.333. The van der Waals surface area contributed by atoms with Crippen LogP contribution in [0.25, 0.3) is 0 Å². The van der Waals surface area contributed by atoms with Crippen molar-refractivity contribution in [2.45, 2.75) is 111 Å². The standard InChI is InChI=1S/C14H19N2O2.3C4H9.Sn/c1-14(2,3)18-13(17)16-9-7-11(10-16)12-6-4-5-8-15-12;3*1-3-4-2;/h4-6,11H,7,9-10H2,1-3H3;3*1,3-4H2,2H3;. The molecule has 176 valence electrons. The predicted octanol–water partition coefficient (Wildman–Crippen LogP) is 6.86. The molecule has 1 fully saturated rings. The van der Waals surface area contributed by atoms with Gasteiger partial charge in [-0.05, 0) is 0 Å². The van der Waals surface area contributed by atoms with E-state index in [0.29, 0.717) is 5.92 Å². The molecule has 0 aliphatic carbocycles. The van der Waals surface area contributed by atoms with Crippen LogP contribution < -0.4 is 3.71 Å². The van der Waals surface area contributed by atoms with Crippen LogP contribution in [0.15, 0.2) is 18.2 Å². The first kappa shape index (κ1) is 26.5. The van der Waals surface area contributed by atoms with Crippen LogP contribution in [0.5, 0.6) is 0 Å². The average Bonchev–Trinajstić information content (AvgIpc) is 3.23. The topological polar surface area (TPSA) is 42.4 Å². The molecule has 1 aromatic rings. The number of pyridine rings is 1. The summed E-state index contributed by atoms with van der Waals surface area (Å²) in [4.78, 5) is 19.7. The quantitative estimate of drug-likeness (QED) is 0.290. The number of ether oxygens (including phenoxy) is 1. The van der Waals surface area contributed by atoms with Gasteiger partial charge < -0.3 is 0 Å². The van der Waals surface area contributed by atoms with Crippen molar-refractivity contribution in [3.63, 3.8) is 0 Å². The van der Waals surface area contributed by atoms with E-state index in [0.717, 1.165) is 19.5 Å². The maximum absolute atomic E-state index is 12.5. The Kier molecular flexibility index (Phi) is 10.6. The normalized spacial score (nSPS) is 17.2. The zero-order chi connectivity index (χ0) is 22.9. The van der Waals surface area contributed by atoms with E-state index >= 15 is 0 Å². The molecule has 1 aliphatic rings. The van der Waals surface area contributed by atoms with E-state index in [1.54, 1.807) is 0 Å². The van der Waals surface area contributed by atoms with Crippen LogP contribution in [0.4, 0.5) is 4.79 Å². The van der Waals surface area contributed by atoms with Crippen LogP contribution in [0, 0.1) is 0 Å². The molecule has 0 saturated carbocycles. The Morgan fingerprint density at radius 3 is 2.16 bits per heavy atom. The molecule has 0 spiro atoms. The van der Waals surface area contributed by atoms with Crippen molar-refractivity contribution in [3.8, 4) is 0 Å². The van der Waals surface area contributed by atoms with Crippen molar-refractivity contribution in [2.24, 2.45) is 0 Å². The molecule has 1 aromatic heterocycles. The Bertz CT molecular complexity index is 664. The summed E-state index contributed by atoms with van der Waals surface area (Å²) in [5.41, 5.74) is 0.758. The third-order valence-electron chi connectivity index (χ3n) is 6.60. The third-order valence-corrected chi connectivity index (χ3v) is 21.7. The van der Waals surface area contributed by atoms with Gasteiger partial charge in [-0.3, -0.25) is 0 Å². The molecule has 1 amide bonds. The van der Waals surface area contributed by atoms with Crippen LogP contribution in [-0.2, 0) is 4.74 Å². The van der Waals surface area contributed by atoms with Gasteiger partial charge in [0.2, 0.25) is 0 Å². The van der Waals surface area contributed by atoms with Gasteiger partial charge in [0, 0.05) is 0 Å². The Morgan fingerprint density at radius 1 is 1.06 bits per heavy atom. The Morgan fingerprint density at radius 2 is 1.65 bits per heavy atom. The van der Waals surface area contributed by atoms with Gasteiger partial charge >= 0.3 is 196 Å². The summed E-state index contributed by atoms with van der Waals surface area (Å²) >= 11 is -2.53. The fourth-order valence-corrected chi connectivity index (χ4v) is 20.3. The summed E-state index contributed by atoms with van der Waals surface area (Å²) in [6, 6.07) is 6.81. The molecular formula is C26H46N2O2Sn. The molecule has 1 unspecified atom stereocenters. The molecular weight excluding hydrogens is 491 g/mol. The van der Waals surface area contributed by atoms with E-state index < -0.39 is 24.0 Å². The number of hydrogen-bond donors (Lipinski definition) is 0. The first-order valence-corrected chi connectivity index (χ1v) is 20.2. The zero-order valence-electron chi connectivity index (χ0n) is 21.0. The number of aromatic nitrogens is 1. The molecule has 0 N–H and O–H groups in total. The molecule has 1 atom stereocenters. The second-order valence-corrected chi connectivity index (χ2v) is 23.5. The molecule has 4 nitrogen and oxygen atoms in total. The summed E-state index contributed by atoms with van der Waals surface area (Å²) in [6.07, 6.45) is 8.70. The van der Waals surface area contributed by atoms with E-state index in [9.17, 15) is 4.79 Å². The van der Waals surface area contributed by atoms with Gasteiger partial charge in [-0.1, -0.05) is 0 Å². The van der Waals surface area contributed by atoms with Crippen molar-refractivity contribution in [1.29, 1.82) is 0 Å². The molecule has 0 bridgehead atoms. The molecule has 31 heavy (non-hydrogen) atoms. The number of amides is 1. The molecule has 0 radical (unpaired) electrons. The Balaban J connectivity index is 2.23. The van der Waals surface area contributed by atoms with Crippen LogP contribution >= 0.6 is 0 Å². The second-order valence-electron chi connectivity index (χ2n) is 10.5. The number of hydrogen-bond acceptors (Lipinski definition) is 3. The van der Waals surface area contributed by atoms with Crippen molar-refractivity contribution < 1.29 is 9.53 Å². The van der Waals surface area contributed by atoms with Crippen LogP contribution in [0.1, 0.15) is 98.1 Å².